The van der Waals surface area contributed by atoms with E-state index in [1.807, 2.05) is 24.3 Å². The van der Waals surface area contributed by atoms with Crippen LogP contribution < -0.4 is 15.4 Å². The number of rotatable bonds is 5. The van der Waals surface area contributed by atoms with Crippen molar-refractivity contribution in [2.24, 2.45) is 5.92 Å². The van der Waals surface area contributed by atoms with Crippen LogP contribution in [0.25, 0.3) is 0 Å². The van der Waals surface area contributed by atoms with Crippen molar-refractivity contribution in [2.75, 3.05) is 32.1 Å². The van der Waals surface area contributed by atoms with Gasteiger partial charge in [-0.25, -0.2) is 4.79 Å². The average Bonchev–Trinajstić information content (AvgIpc) is 2.60. The highest BCUT2D eigenvalue weighted by Crippen LogP contribution is 2.25. The summed E-state index contributed by atoms with van der Waals surface area (Å²) in [6.07, 6.45) is 2.95. The first-order chi connectivity index (χ1) is 11.2. The minimum atomic E-state index is -0.103. The number of para-hydroxylation sites is 2. The Kier molecular flexibility index (Phi) is 6.02. The molecule has 1 aliphatic rings. The lowest BCUT2D eigenvalue weighted by atomic mass is 9.96. The molecule has 0 saturated carbocycles. The molecule has 0 spiro atoms. The van der Waals surface area contributed by atoms with Gasteiger partial charge < -0.3 is 20.3 Å². The molecule has 1 aromatic rings. The fourth-order valence-electron chi connectivity index (χ4n) is 2.60. The Morgan fingerprint density at radius 2 is 2.04 bits per heavy atom. The second kappa shape index (κ2) is 8.22. The van der Waals surface area contributed by atoms with Gasteiger partial charge in [0.1, 0.15) is 5.75 Å². The van der Waals surface area contributed by atoms with Gasteiger partial charge in [0, 0.05) is 25.6 Å². The fraction of sp³-hybridized carbons (Fsp3) is 0.412. The normalized spacial score (nSPS) is 14.9. The van der Waals surface area contributed by atoms with E-state index in [1.54, 1.807) is 18.1 Å². The van der Waals surface area contributed by atoms with Crippen molar-refractivity contribution in [3.63, 3.8) is 0 Å². The maximum atomic E-state index is 12.4. The Labute approximate surface area is 136 Å². The molecule has 6 heteroatoms. The monoisotopic (exact) mass is 317 g/mol. The van der Waals surface area contributed by atoms with Gasteiger partial charge in [0.15, 0.2) is 0 Å². The van der Waals surface area contributed by atoms with Crippen LogP contribution in [0.1, 0.15) is 12.8 Å². The van der Waals surface area contributed by atoms with Crippen LogP contribution >= 0.6 is 0 Å². The largest absolute Gasteiger partial charge is 0.495 e. The zero-order valence-electron chi connectivity index (χ0n) is 13.4. The van der Waals surface area contributed by atoms with Crippen molar-refractivity contribution >= 4 is 17.6 Å². The van der Waals surface area contributed by atoms with Crippen molar-refractivity contribution < 1.29 is 14.3 Å². The molecular formula is C17H23N3O3. The van der Waals surface area contributed by atoms with Gasteiger partial charge in [0.05, 0.1) is 12.8 Å². The zero-order chi connectivity index (χ0) is 16.7. The molecule has 0 atom stereocenters. The maximum Gasteiger partial charge on any atom is 0.317 e. The molecule has 0 radical (unpaired) electrons. The lowest BCUT2D eigenvalue weighted by Crippen LogP contribution is -2.46. The first-order valence-corrected chi connectivity index (χ1v) is 7.73. The molecule has 0 unspecified atom stereocenters. The number of ether oxygens (including phenoxy) is 1. The van der Waals surface area contributed by atoms with Crippen molar-refractivity contribution in [3.05, 3.63) is 36.9 Å². The van der Waals surface area contributed by atoms with Crippen molar-refractivity contribution in [1.29, 1.82) is 0 Å². The van der Waals surface area contributed by atoms with Crippen LogP contribution in [0.15, 0.2) is 36.9 Å². The van der Waals surface area contributed by atoms with Gasteiger partial charge in [-0.15, -0.1) is 6.58 Å². The third-order valence-corrected chi connectivity index (χ3v) is 3.92. The predicted molar refractivity (Wildman–Crippen MR) is 89.5 cm³/mol. The Hall–Kier alpha value is -2.50. The number of hydrogen-bond acceptors (Lipinski definition) is 3. The zero-order valence-corrected chi connectivity index (χ0v) is 13.4. The quantitative estimate of drug-likeness (QED) is 0.818. The SMILES string of the molecule is C=CCNC(=O)N1CCC(C(=O)Nc2ccccc2OC)CC1. The Morgan fingerprint density at radius 1 is 1.35 bits per heavy atom. The van der Waals surface area contributed by atoms with E-state index in [1.165, 1.54) is 0 Å². The first kappa shape index (κ1) is 16.9. The Balaban J connectivity index is 1.86. The van der Waals surface area contributed by atoms with E-state index < -0.39 is 0 Å². The summed E-state index contributed by atoms with van der Waals surface area (Å²) in [6.45, 7) is 5.17. The molecule has 1 heterocycles. The van der Waals surface area contributed by atoms with E-state index in [9.17, 15) is 9.59 Å². The number of methoxy groups -OCH3 is 1. The van der Waals surface area contributed by atoms with Crippen LogP contribution in [0.4, 0.5) is 10.5 Å². The van der Waals surface area contributed by atoms with Crippen LogP contribution in [-0.4, -0.2) is 43.6 Å². The molecule has 3 amide bonds. The molecule has 23 heavy (non-hydrogen) atoms. The second-order valence-electron chi connectivity index (χ2n) is 5.43. The summed E-state index contributed by atoms with van der Waals surface area (Å²) >= 11 is 0. The number of hydrogen-bond donors (Lipinski definition) is 2. The number of carbonyl (C=O) groups is 2. The first-order valence-electron chi connectivity index (χ1n) is 7.73. The number of amides is 3. The van der Waals surface area contributed by atoms with Crippen LogP contribution in [-0.2, 0) is 4.79 Å². The van der Waals surface area contributed by atoms with Crippen molar-refractivity contribution in [1.82, 2.24) is 10.2 Å². The summed E-state index contributed by atoms with van der Waals surface area (Å²) in [5.74, 6) is 0.520. The summed E-state index contributed by atoms with van der Waals surface area (Å²) in [5.41, 5.74) is 0.672. The second-order valence-corrected chi connectivity index (χ2v) is 5.43. The topological polar surface area (TPSA) is 70.7 Å². The summed E-state index contributed by atoms with van der Waals surface area (Å²) in [7, 11) is 1.57. The van der Waals surface area contributed by atoms with E-state index in [0.29, 0.717) is 43.9 Å². The van der Waals surface area contributed by atoms with Gasteiger partial charge in [-0.1, -0.05) is 18.2 Å². The van der Waals surface area contributed by atoms with E-state index in [2.05, 4.69) is 17.2 Å². The molecule has 6 nitrogen and oxygen atoms in total. The summed E-state index contributed by atoms with van der Waals surface area (Å²) in [4.78, 5) is 26.0. The molecule has 1 aliphatic heterocycles. The number of anilines is 1. The minimum absolute atomic E-state index is 0.0272. The highest BCUT2D eigenvalue weighted by molar-refractivity contribution is 5.94. The predicted octanol–water partition coefficient (Wildman–Crippen LogP) is 2.24. The van der Waals surface area contributed by atoms with Crippen molar-refractivity contribution in [3.8, 4) is 5.75 Å². The minimum Gasteiger partial charge on any atom is -0.495 e. The van der Waals surface area contributed by atoms with Gasteiger partial charge >= 0.3 is 6.03 Å². The smallest absolute Gasteiger partial charge is 0.317 e. The molecule has 0 aromatic heterocycles. The molecule has 2 rings (SSSR count). The van der Waals surface area contributed by atoms with Gasteiger partial charge in [-0.2, -0.15) is 0 Å². The number of benzene rings is 1. The highest BCUT2D eigenvalue weighted by Gasteiger charge is 2.27. The Morgan fingerprint density at radius 3 is 2.70 bits per heavy atom. The lowest BCUT2D eigenvalue weighted by molar-refractivity contribution is -0.121. The third-order valence-electron chi connectivity index (χ3n) is 3.92. The number of nitrogens with zero attached hydrogens (tertiary/aromatic N) is 1. The van der Waals surface area contributed by atoms with Crippen molar-refractivity contribution in [2.45, 2.75) is 12.8 Å². The lowest BCUT2D eigenvalue weighted by Gasteiger charge is -2.31. The highest BCUT2D eigenvalue weighted by atomic mass is 16.5. The number of urea groups is 1. The summed E-state index contributed by atoms with van der Waals surface area (Å²) < 4.78 is 5.24. The van der Waals surface area contributed by atoms with E-state index in [-0.39, 0.29) is 17.9 Å². The molecule has 1 aromatic carbocycles. The van der Waals surface area contributed by atoms with Crippen LogP contribution in [0.2, 0.25) is 0 Å². The average molecular weight is 317 g/mol. The fourth-order valence-corrected chi connectivity index (χ4v) is 2.60. The maximum absolute atomic E-state index is 12.4. The molecule has 1 fully saturated rings. The van der Waals surface area contributed by atoms with Crippen LogP contribution in [0.5, 0.6) is 5.75 Å². The van der Waals surface area contributed by atoms with E-state index in [4.69, 9.17) is 4.74 Å². The van der Waals surface area contributed by atoms with Gasteiger partial charge in [0.2, 0.25) is 5.91 Å². The Bertz CT molecular complexity index is 566. The third kappa shape index (κ3) is 4.48. The molecule has 124 valence electrons. The van der Waals surface area contributed by atoms with Gasteiger partial charge in [0.25, 0.3) is 0 Å². The molecular weight excluding hydrogens is 294 g/mol. The summed E-state index contributed by atoms with van der Waals surface area (Å²) in [5, 5.41) is 5.67. The van der Waals surface area contributed by atoms with Gasteiger partial charge in [-0.05, 0) is 25.0 Å². The summed E-state index contributed by atoms with van der Waals surface area (Å²) in [6, 6.07) is 7.23. The molecule has 2 N–H and O–H groups in total. The van der Waals surface area contributed by atoms with E-state index >= 15 is 0 Å². The number of carbonyl (C=O) groups excluding carboxylic acids is 2. The van der Waals surface area contributed by atoms with Crippen LogP contribution in [0.3, 0.4) is 0 Å². The number of nitrogens with one attached hydrogen (secondary N) is 2. The number of piperidine rings is 1. The van der Waals surface area contributed by atoms with E-state index in [0.717, 1.165) is 0 Å². The molecule has 0 bridgehead atoms. The molecule has 1 saturated heterocycles. The van der Waals surface area contributed by atoms with Gasteiger partial charge in [-0.3, -0.25) is 4.79 Å². The number of likely N-dealkylation sites (tertiary alicyclic amines) is 1. The molecule has 0 aliphatic carbocycles. The standard InChI is InChI=1S/C17H23N3O3/c1-3-10-18-17(22)20-11-8-13(9-12-20)16(21)19-14-6-4-5-7-15(14)23-2/h3-7,13H,1,8-12H2,2H3,(H,18,22)(H,19,21). The van der Waals surface area contributed by atoms with Crippen LogP contribution in [0, 0.1) is 5.92 Å².